The Balaban J connectivity index is 1.85. The Labute approximate surface area is 118 Å². The molecule has 0 atom stereocenters. The predicted octanol–water partition coefficient (Wildman–Crippen LogP) is -0.736. The molecule has 1 aromatic carbocycles. The molecule has 9 heteroatoms. The predicted molar refractivity (Wildman–Crippen MR) is 65.3 cm³/mol. The second-order valence-electron chi connectivity index (χ2n) is 4.65. The van der Waals surface area contributed by atoms with Crippen molar-refractivity contribution in [2.24, 2.45) is 0 Å². The van der Waals surface area contributed by atoms with Crippen molar-refractivity contribution in [3.05, 3.63) is 29.1 Å². The molecule has 0 spiro atoms. The summed E-state index contributed by atoms with van der Waals surface area (Å²) in [6.07, 6.45) is -0.0857. The number of nitrogens with zero attached hydrogens (tertiary/aromatic N) is 1. The fourth-order valence-electron chi connectivity index (χ4n) is 2.19. The Hall–Kier alpha value is -2.26. The van der Waals surface area contributed by atoms with Gasteiger partial charge >= 0.3 is 13.1 Å². The number of hydrogen-bond donors (Lipinski definition) is 1. The van der Waals surface area contributed by atoms with Crippen molar-refractivity contribution >= 4 is 30.4 Å². The fraction of sp³-hybridized carbons (Fsp3) is 0.250. The zero-order chi connectivity index (χ0) is 15.1. The summed E-state index contributed by atoms with van der Waals surface area (Å²) in [5.41, 5.74) is 0.242. The highest BCUT2D eigenvalue weighted by molar-refractivity contribution is 6.61. The molecule has 3 rings (SSSR count). The summed E-state index contributed by atoms with van der Waals surface area (Å²) >= 11 is 0. The average Bonchev–Trinajstić information content (AvgIpc) is 2.95. The van der Waals surface area contributed by atoms with E-state index in [4.69, 9.17) is 4.65 Å². The quantitative estimate of drug-likeness (QED) is 0.570. The number of hydrogen-bond acceptors (Lipinski definition) is 6. The second kappa shape index (κ2) is 4.94. The van der Waals surface area contributed by atoms with Crippen molar-refractivity contribution in [2.75, 3.05) is 0 Å². The number of amides is 2. The van der Waals surface area contributed by atoms with Gasteiger partial charge in [-0.1, -0.05) is 0 Å². The van der Waals surface area contributed by atoms with Crippen LogP contribution in [0.2, 0.25) is 0 Å². The Morgan fingerprint density at radius 1 is 1.33 bits per heavy atom. The summed E-state index contributed by atoms with van der Waals surface area (Å²) in [4.78, 5) is 39.2. The molecule has 0 aromatic heterocycles. The zero-order valence-electron chi connectivity index (χ0n) is 10.7. The van der Waals surface area contributed by atoms with Crippen molar-refractivity contribution in [3.63, 3.8) is 0 Å². The first-order valence-corrected chi connectivity index (χ1v) is 6.17. The van der Waals surface area contributed by atoms with Gasteiger partial charge in [0.25, 0.3) is 11.8 Å². The SMILES string of the molecule is O=C(ON1C(=O)CCC1=O)c1cc2c(cc1F)B(O)OC2. The molecule has 2 heterocycles. The molecule has 2 aliphatic heterocycles. The number of hydroxylamine groups is 2. The summed E-state index contributed by atoms with van der Waals surface area (Å²) < 4.78 is 18.8. The van der Waals surface area contributed by atoms with Gasteiger partial charge in [0.05, 0.1) is 12.2 Å². The van der Waals surface area contributed by atoms with Gasteiger partial charge < -0.3 is 14.5 Å². The molecule has 2 amide bonds. The maximum absolute atomic E-state index is 13.9. The number of benzene rings is 1. The van der Waals surface area contributed by atoms with Crippen LogP contribution in [0.4, 0.5) is 4.39 Å². The van der Waals surface area contributed by atoms with Crippen LogP contribution in [-0.2, 0) is 25.7 Å². The lowest BCUT2D eigenvalue weighted by Gasteiger charge is -2.13. The number of imide groups is 1. The molecule has 7 nitrogen and oxygen atoms in total. The van der Waals surface area contributed by atoms with Crippen molar-refractivity contribution in [3.8, 4) is 0 Å². The van der Waals surface area contributed by atoms with Crippen LogP contribution in [0, 0.1) is 5.82 Å². The lowest BCUT2D eigenvalue weighted by Crippen LogP contribution is -2.33. The molecule has 0 aliphatic carbocycles. The van der Waals surface area contributed by atoms with E-state index in [-0.39, 0.29) is 24.9 Å². The van der Waals surface area contributed by atoms with Crippen LogP contribution in [0.1, 0.15) is 28.8 Å². The Morgan fingerprint density at radius 3 is 2.67 bits per heavy atom. The molecule has 21 heavy (non-hydrogen) atoms. The van der Waals surface area contributed by atoms with Gasteiger partial charge in [0.15, 0.2) is 0 Å². The highest BCUT2D eigenvalue weighted by Crippen LogP contribution is 2.19. The van der Waals surface area contributed by atoms with Crippen LogP contribution < -0.4 is 5.46 Å². The summed E-state index contributed by atoms with van der Waals surface area (Å²) in [5, 5.41) is 9.78. The largest absolute Gasteiger partial charge is 0.491 e. The fourth-order valence-corrected chi connectivity index (χ4v) is 2.19. The van der Waals surface area contributed by atoms with Crippen molar-refractivity contribution < 1.29 is 33.3 Å². The van der Waals surface area contributed by atoms with Crippen LogP contribution in [0.25, 0.3) is 0 Å². The van der Waals surface area contributed by atoms with Crippen molar-refractivity contribution in [1.82, 2.24) is 5.06 Å². The molecule has 0 unspecified atom stereocenters. The van der Waals surface area contributed by atoms with E-state index in [1.54, 1.807) is 0 Å². The lowest BCUT2D eigenvalue weighted by atomic mass is 9.79. The minimum Gasteiger partial charge on any atom is -0.423 e. The van der Waals surface area contributed by atoms with E-state index < -0.39 is 36.3 Å². The van der Waals surface area contributed by atoms with Crippen molar-refractivity contribution in [2.45, 2.75) is 19.4 Å². The second-order valence-corrected chi connectivity index (χ2v) is 4.65. The summed E-state index contributed by atoms with van der Waals surface area (Å²) in [6.45, 7) is 0.0264. The van der Waals surface area contributed by atoms with Crippen LogP contribution >= 0.6 is 0 Å². The molecule has 0 saturated carbocycles. The molecule has 1 saturated heterocycles. The third kappa shape index (κ3) is 2.30. The summed E-state index contributed by atoms with van der Waals surface area (Å²) in [7, 11) is -1.23. The molecular weight excluding hydrogens is 284 g/mol. The molecule has 1 aromatic rings. The third-order valence-corrected chi connectivity index (χ3v) is 3.29. The normalized spacial score (nSPS) is 17.4. The maximum Gasteiger partial charge on any atom is 0.491 e. The van der Waals surface area contributed by atoms with Gasteiger partial charge in [0, 0.05) is 12.8 Å². The lowest BCUT2D eigenvalue weighted by molar-refractivity contribution is -0.172. The average molecular weight is 293 g/mol. The molecule has 0 bridgehead atoms. The monoisotopic (exact) mass is 293 g/mol. The van der Waals surface area contributed by atoms with E-state index >= 15 is 0 Å². The molecular formula is C12H9BFNO6. The molecule has 2 aliphatic rings. The number of carbonyl (C=O) groups excluding carboxylic acids is 3. The van der Waals surface area contributed by atoms with Crippen LogP contribution in [-0.4, -0.2) is 35.0 Å². The van der Waals surface area contributed by atoms with Gasteiger partial charge in [-0.25, -0.2) is 9.18 Å². The number of halogens is 1. The Bertz CT molecular complexity index is 647. The topological polar surface area (TPSA) is 93.1 Å². The number of rotatable bonds is 2. The van der Waals surface area contributed by atoms with Gasteiger partial charge in [-0.15, -0.1) is 5.06 Å². The summed E-state index contributed by atoms with van der Waals surface area (Å²) in [6, 6.07) is 2.14. The molecule has 1 N–H and O–H groups in total. The van der Waals surface area contributed by atoms with Crippen LogP contribution in [0.5, 0.6) is 0 Å². The van der Waals surface area contributed by atoms with Crippen LogP contribution in [0.3, 0.4) is 0 Å². The Morgan fingerprint density at radius 2 is 2.00 bits per heavy atom. The number of fused-ring (bicyclic) bond motifs is 1. The first-order valence-electron chi connectivity index (χ1n) is 6.17. The zero-order valence-corrected chi connectivity index (χ0v) is 10.7. The smallest absolute Gasteiger partial charge is 0.423 e. The Kier molecular flexibility index (Phi) is 3.22. The maximum atomic E-state index is 13.9. The first-order chi connectivity index (χ1) is 9.97. The minimum absolute atomic E-state index is 0.0264. The number of carbonyl (C=O) groups is 3. The van der Waals surface area contributed by atoms with E-state index in [1.807, 2.05) is 0 Å². The van der Waals surface area contributed by atoms with E-state index in [0.717, 1.165) is 6.07 Å². The standard InChI is InChI=1S/C12H9BFNO6/c14-9-4-8-6(5-20-13(8)19)3-7(9)12(18)21-15-10(16)1-2-11(15)17/h3-4,19H,1-2,5H2. The van der Waals surface area contributed by atoms with Gasteiger partial charge in [0.2, 0.25) is 0 Å². The van der Waals surface area contributed by atoms with Gasteiger partial charge in [-0.3, -0.25) is 9.59 Å². The van der Waals surface area contributed by atoms with E-state index in [2.05, 4.69) is 4.84 Å². The van der Waals surface area contributed by atoms with Crippen LogP contribution in [0.15, 0.2) is 12.1 Å². The van der Waals surface area contributed by atoms with E-state index in [1.165, 1.54) is 6.07 Å². The minimum atomic E-state index is -1.23. The molecule has 0 radical (unpaired) electrons. The molecule has 108 valence electrons. The van der Waals surface area contributed by atoms with Gasteiger partial charge in [0.1, 0.15) is 5.82 Å². The molecule has 1 fully saturated rings. The third-order valence-electron chi connectivity index (χ3n) is 3.29. The van der Waals surface area contributed by atoms with E-state index in [9.17, 15) is 23.8 Å². The highest BCUT2D eigenvalue weighted by atomic mass is 19.1. The van der Waals surface area contributed by atoms with Gasteiger partial charge in [-0.2, -0.15) is 0 Å². The van der Waals surface area contributed by atoms with Gasteiger partial charge in [-0.05, 0) is 23.2 Å². The first kappa shape index (κ1) is 13.7. The van der Waals surface area contributed by atoms with Crippen molar-refractivity contribution in [1.29, 1.82) is 0 Å². The highest BCUT2D eigenvalue weighted by Gasteiger charge is 2.35. The summed E-state index contributed by atoms with van der Waals surface area (Å²) in [5.74, 6) is -3.37. The van der Waals surface area contributed by atoms with E-state index in [0.29, 0.717) is 10.6 Å².